The van der Waals surface area contributed by atoms with Crippen LogP contribution in [0.1, 0.15) is 45.1 Å². The van der Waals surface area contributed by atoms with E-state index in [9.17, 15) is 4.79 Å². The number of carbonyl (C=O) groups is 1. The number of benzene rings is 1. The lowest BCUT2D eigenvalue weighted by Crippen LogP contribution is -2.56. The average Bonchev–Trinajstić information content (AvgIpc) is 2.60. The van der Waals surface area contributed by atoms with E-state index in [0.29, 0.717) is 13.2 Å². The second-order valence-corrected chi connectivity index (χ2v) is 6.68. The van der Waals surface area contributed by atoms with Crippen LogP contribution < -0.4 is 5.32 Å². The highest BCUT2D eigenvalue weighted by molar-refractivity contribution is 5.68. The Morgan fingerprint density at radius 2 is 2.00 bits per heavy atom. The summed E-state index contributed by atoms with van der Waals surface area (Å²) in [6, 6.07) is 10.2. The van der Waals surface area contributed by atoms with Crippen LogP contribution in [0, 0.1) is 0 Å². The van der Waals surface area contributed by atoms with Gasteiger partial charge in [0.05, 0.1) is 12.6 Å². The number of nitrogens with zero attached hydrogens (tertiary/aromatic N) is 1. The number of aliphatic hydroxyl groups excluding tert-OH is 1. The van der Waals surface area contributed by atoms with E-state index in [4.69, 9.17) is 9.84 Å². The molecule has 0 radical (unpaired) electrons. The molecule has 1 saturated carbocycles. The summed E-state index contributed by atoms with van der Waals surface area (Å²) in [7, 11) is 0. The van der Waals surface area contributed by atoms with E-state index in [0.717, 1.165) is 31.2 Å². The minimum absolute atomic E-state index is 0.0785. The molecule has 0 heterocycles. The van der Waals surface area contributed by atoms with E-state index in [1.165, 1.54) is 0 Å². The molecule has 1 aliphatic rings. The highest BCUT2D eigenvalue weighted by Crippen LogP contribution is 2.26. The Labute approximate surface area is 145 Å². The molecule has 0 saturated heterocycles. The molecule has 2 atom stereocenters. The zero-order valence-electron chi connectivity index (χ0n) is 14.8. The summed E-state index contributed by atoms with van der Waals surface area (Å²) in [6.45, 7) is 5.03. The molecule has 24 heavy (non-hydrogen) atoms. The number of aliphatic hydroxyl groups is 1. The highest BCUT2D eigenvalue weighted by atomic mass is 16.6. The fourth-order valence-corrected chi connectivity index (χ4v) is 3.46. The van der Waals surface area contributed by atoms with Gasteiger partial charge >= 0.3 is 6.09 Å². The van der Waals surface area contributed by atoms with Gasteiger partial charge in [-0.1, -0.05) is 43.2 Å². The van der Waals surface area contributed by atoms with Gasteiger partial charge in [0.25, 0.3) is 0 Å². The fourth-order valence-electron chi connectivity index (χ4n) is 3.46. The van der Waals surface area contributed by atoms with Gasteiger partial charge in [-0.3, -0.25) is 0 Å². The average molecular weight is 334 g/mol. The standard InChI is InChI=1S/C19H30N2O3/c1-15(2)21(18-11-7-6-10-17(18)20-12-13-22)19(23)24-14-16-8-4-3-5-9-16/h3-5,8-9,15,17-18,20,22H,6-7,10-14H2,1-2H3/t17-,18-/m0/s1. The molecule has 1 aromatic rings. The Bertz CT molecular complexity index is 493. The third-order valence-corrected chi connectivity index (χ3v) is 4.58. The van der Waals surface area contributed by atoms with Gasteiger partial charge in [0, 0.05) is 18.6 Å². The molecule has 2 rings (SSSR count). The van der Waals surface area contributed by atoms with Crippen molar-refractivity contribution in [2.45, 2.75) is 64.3 Å². The third kappa shape index (κ3) is 5.21. The zero-order valence-corrected chi connectivity index (χ0v) is 14.8. The molecule has 1 amide bonds. The van der Waals surface area contributed by atoms with Crippen LogP contribution in [-0.2, 0) is 11.3 Å². The molecule has 2 N–H and O–H groups in total. The quantitative estimate of drug-likeness (QED) is 0.805. The summed E-state index contributed by atoms with van der Waals surface area (Å²) in [4.78, 5) is 14.6. The van der Waals surface area contributed by atoms with Crippen LogP contribution in [0.2, 0.25) is 0 Å². The molecule has 0 aliphatic heterocycles. The van der Waals surface area contributed by atoms with Crippen molar-refractivity contribution in [3.63, 3.8) is 0 Å². The Balaban J connectivity index is 2.01. The van der Waals surface area contributed by atoms with Crippen LogP contribution in [0.3, 0.4) is 0 Å². The van der Waals surface area contributed by atoms with Gasteiger partial charge in [-0.05, 0) is 32.3 Å². The van der Waals surface area contributed by atoms with Gasteiger partial charge in [0.2, 0.25) is 0 Å². The summed E-state index contributed by atoms with van der Waals surface area (Å²) in [5.74, 6) is 0. The predicted molar refractivity (Wildman–Crippen MR) is 94.7 cm³/mol. The molecule has 1 aliphatic carbocycles. The maximum atomic E-state index is 12.7. The molecule has 0 aromatic heterocycles. The van der Waals surface area contributed by atoms with E-state index in [2.05, 4.69) is 5.32 Å². The fraction of sp³-hybridized carbons (Fsp3) is 0.632. The topological polar surface area (TPSA) is 61.8 Å². The molecule has 5 nitrogen and oxygen atoms in total. The first kappa shape index (κ1) is 18.7. The van der Waals surface area contributed by atoms with Gasteiger partial charge in [-0.2, -0.15) is 0 Å². The summed E-state index contributed by atoms with van der Waals surface area (Å²) in [5.41, 5.74) is 0.994. The predicted octanol–water partition coefficient (Wildman–Crippen LogP) is 2.93. The third-order valence-electron chi connectivity index (χ3n) is 4.58. The minimum atomic E-state index is -0.253. The molecule has 0 bridgehead atoms. The van der Waals surface area contributed by atoms with Crippen molar-refractivity contribution < 1.29 is 14.6 Å². The molecular weight excluding hydrogens is 304 g/mol. The molecule has 0 spiro atoms. The lowest BCUT2D eigenvalue weighted by atomic mass is 9.88. The van der Waals surface area contributed by atoms with E-state index >= 15 is 0 Å². The van der Waals surface area contributed by atoms with E-state index < -0.39 is 0 Å². The number of ether oxygens (including phenoxy) is 1. The van der Waals surface area contributed by atoms with Gasteiger partial charge in [0.1, 0.15) is 6.61 Å². The van der Waals surface area contributed by atoms with Crippen LogP contribution in [0.25, 0.3) is 0 Å². The second kappa shape index (κ2) is 9.64. The van der Waals surface area contributed by atoms with Crippen LogP contribution in [-0.4, -0.2) is 47.4 Å². The minimum Gasteiger partial charge on any atom is -0.445 e. The van der Waals surface area contributed by atoms with Crippen molar-refractivity contribution >= 4 is 6.09 Å². The first-order valence-electron chi connectivity index (χ1n) is 8.96. The number of nitrogens with one attached hydrogen (secondary N) is 1. The monoisotopic (exact) mass is 334 g/mol. The molecule has 1 aromatic carbocycles. The van der Waals surface area contributed by atoms with Gasteiger partial charge in [-0.15, -0.1) is 0 Å². The summed E-state index contributed by atoms with van der Waals surface area (Å²) >= 11 is 0. The van der Waals surface area contributed by atoms with Crippen molar-refractivity contribution in [3.8, 4) is 0 Å². The normalized spacial score (nSPS) is 20.8. The van der Waals surface area contributed by atoms with Crippen LogP contribution in [0.4, 0.5) is 4.79 Å². The largest absolute Gasteiger partial charge is 0.445 e. The maximum absolute atomic E-state index is 12.7. The number of amides is 1. The van der Waals surface area contributed by atoms with Crippen molar-refractivity contribution in [2.75, 3.05) is 13.2 Å². The van der Waals surface area contributed by atoms with Crippen LogP contribution >= 0.6 is 0 Å². The molecule has 0 unspecified atom stereocenters. The van der Waals surface area contributed by atoms with Crippen molar-refractivity contribution in [1.82, 2.24) is 10.2 Å². The van der Waals surface area contributed by atoms with Crippen molar-refractivity contribution in [3.05, 3.63) is 35.9 Å². The smallest absolute Gasteiger partial charge is 0.410 e. The molecule has 5 heteroatoms. The van der Waals surface area contributed by atoms with Gasteiger partial charge < -0.3 is 20.1 Å². The highest BCUT2D eigenvalue weighted by Gasteiger charge is 2.35. The molecular formula is C19H30N2O3. The first-order valence-corrected chi connectivity index (χ1v) is 8.96. The SMILES string of the molecule is CC(C)N(C(=O)OCc1ccccc1)[C@H]1CCCC[C@@H]1NCCO. The summed E-state index contributed by atoms with van der Waals surface area (Å²) < 4.78 is 5.57. The Kier molecular flexibility index (Phi) is 7.53. The lowest BCUT2D eigenvalue weighted by molar-refractivity contribution is 0.0471. The van der Waals surface area contributed by atoms with Crippen molar-refractivity contribution in [1.29, 1.82) is 0 Å². The van der Waals surface area contributed by atoms with Gasteiger partial charge in [-0.25, -0.2) is 4.79 Å². The van der Waals surface area contributed by atoms with E-state index in [-0.39, 0.29) is 30.8 Å². The first-order chi connectivity index (χ1) is 11.6. The second-order valence-electron chi connectivity index (χ2n) is 6.68. The van der Waals surface area contributed by atoms with E-state index in [1.807, 2.05) is 49.1 Å². The molecule has 134 valence electrons. The molecule has 1 fully saturated rings. The number of rotatable bonds is 7. The summed E-state index contributed by atoms with van der Waals surface area (Å²) in [6.07, 6.45) is 4.03. The number of carbonyl (C=O) groups excluding carboxylic acids is 1. The van der Waals surface area contributed by atoms with E-state index in [1.54, 1.807) is 0 Å². The lowest BCUT2D eigenvalue weighted by Gasteiger charge is -2.41. The Hall–Kier alpha value is -1.59. The zero-order chi connectivity index (χ0) is 17.4. The number of hydrogen-bond donors (Lipinski definition) is 2. The Morgan fingerprint density at radius 3 is 2.67 bits per heavy atom. The Morgan fingerprint density at radius 1 is 1.29 bits per heavy atom. The number of hydrogen-bond acceptors (Lipinski definition) is 4. The van der Waals surface area contributed by atoms with Gasteiger partial charge in [0.15, 0.2) is 0 Å². The summed E-state index contributed by atoms with van der Waals surface area (Å²) in [5, 5.41) is 12.5. The van der Waals surface area contributed by atoms with Crippen LogP contribution in [0.5, 0.6) is 0 Å². The maximum Gasteiger partial charge on any atom is 0.410 e. The van der Waals surface area contributed by atoms with Crippen molar-refractivity contribution in [2.24, 2.45) is 0 Å². The van der Waals surface area contributed by atoms with Crippen LogP contribution in [0.15, 0.2) is 30.3 Å².